The van der Waals surface area contributed by atoms with Gasteiger partial charge in [-0.2, -0.15) is 0 Å². The summed E-state index contributed by atoms with van der Waals surface area (Å²) in [6.07, 6.45) is 0. The lowest BCUT2D eigenvalue weighted by Gasteiger charge is -2.14. The standard InChI is InChI=1S/C13H13ClFN3O2S/c1-7-12(4-8(16)5-13(7)21(17,19)20)18-9-2-3-10(14)11(15)6-9/h2-6,18H,16H2,1H3,(H2,17,19,20). The predicted molar refractivity (Wildman–Crippen MR) is 81.7 cm³/mol. The van der Waals surface area contributed by atoms with Crippen LogP contribution in [0.3, 0.4) is 0 Å². The van der Waals surface area contributed by atoms with E-state index in [0.29, 0.717) is 16.9 Å². The van der Waals surface area contributed by atoms with Gasteiger partial charge in [-0.3, -0.25) is 0 Å². The number of benzene rings is 2. The highest BCUT2D eigenvalue weighted by Gasteiger charge is 2.16. The van der Waals surface area contributed by atoms with E-state index in [9.17, 15) is 12.8 Å². The van der Waals surface area contributed by atoms with Crippen LogP contribution in [0.1, 0.15) is 5.56 Å². The number of anilines is 3. The molecule has 2 aromatic carbocycles. The van der Waals surface area contributed by atoms with Gasteiger partial charge < -0.3 is 11.1 Å². The summed E-state index contributed by atoms with van der Waals surface area (Å²) in [5.74, 6) is -0.588. The van der Waals surface area contributed by atoms with Crippen molar-refractivity contribution >= 4 is 38.7 Å². The second-order valence-corrected chi connectivity index (χ2v) is 6.43. The first kappa shape index (κ1) is 15.6. The molecule has 0 aliphatic rings. The molecular weight excluding hydrogens is 317 g/mol. The van der Waals surface area contributed by atoms with Gasteiger partial charge in [-0.15, -0.1) is 0 Å². The Balaban J connectivity index is 2.49. The largest absolute Gasteiger partial charge is 0.399 e. The van der Waals surface area contributed by atoms with E-state index in [-0.39, 0.29) is 15.6 Å². The molecule has 0 spiro atoms. The molecule has 2 aromatic rings. The monoisotopic (exact) mass is 329 g/mol. The molecule has 0 fully saturated rings. The fraction of sp³-hybridized carbons (Fsp3) is 0.0769. The zero-order valence-corrected chi connectivity index (χ0v) is 12.6. The Morgan fingerprint density at radius 1 is 1.24 bits per heavy atom. The minimum Gasteiger partial charge on any atom is -0.399 e. The molecule has 0 amide bonds. The molecule has 0 aliphatic heterocycles. The van der Waals surface area contributed by atoms with E-state index in [1.807, 2.05) is 0 Å². The van der Waals surface area contributed by atoms with E-state index in [1.165, 1.54) is 24.3 Å². The van der Waals surface area contributed by atoms with Crippen molar-refractivity contribution in [2.24, 2.45) is 5.14 Å². The fourth-order valence-corrected chi connectivity index (χ4v) is 2.82. The first-order valence-corrected chi connectivity index (χ1v) is 7.76. The lowest BCUT2D eigenvalue weighted by molar-refractivity contribution is 0.597. The number of halogens is 2. The van der Waals surface area contributed by atoms with Gasteiger partial charge in [0.05, 0.1) is 9.92 Å². The topological polar surface area (TPSA) is 98.2 Å². The van der Waals surface area contributed by atoms with Crippen LogP contribution < -0.4 is 16.2 Å². The molecule has 5 N–H and O–H groups in total. The summed E-state index contributed by atoms with van der Waals surface area (Å²) >= 11 is 5.61. The van der Waals surface area contributed by atoms with Crippen molar-refractivity contribution in [3.8, 4) is 0 Å². The zero-order valence-electron chi connectivity index (χ0n) is 11.0. The maximum Gasteiger partial charge on any atom is 0.238 e. The average Bonchev–Trinajstić information content (AvgIpc) is 2.36. The first-order chi connectivity index (χ1) is 9.68. The highest BCUT2D eigenvalue weighted by Crippen LogP contribution is 2.29. The molecule has 0 radical (unpaired) electrons. The molecule has 21 heavy (non-hydrogen) atoms. The van der Waals surface area contributed by atoms with E-state index in [0.717, 1.165) is 0 Å². The quantitative estimate of drug-likeness (QED) is 0.754. The smallest absolute Gasteiger partial charge is 0.238 e. The van der Waals surface area contributed by atoms with Crippen molar-refractivity contribution in [2.75, 3.05) is 11.1 Å². The van der Waals surface area contributed by atoms with Gasteiger partial charge in [0, 0.05) is 17.1 Å². The van der Waals surface area contributed by atoms with E-state index in [1.54, 1.807) is 13.0 Å². The van der Waals surface area contributed by atoms with Gasteiger partial charge >= 0.3 is 0 Å². The second kappa shape index (κ2) is 5.51. The Morgan fingerprint density at radius 2 is 1.90 bits per heavy atom. The summed E-state index contributed by atoms with van der Waals surface area (Å²) in [4.78, 5) is -0.0839. The number of primary sulfonamides is 1. The summed E-state index contributed by atoms with van der Waals surface area (Å²) in [6.45, 7) is 1.58. The average molecular weight is 330 g/mol. The molecule has 8 heteroatoms. The van der Waals surface area contributed by atoms with Crippen LogP contribution in [0.4, 0.5) is 21.5 Å². The molecule has 0 saturated heterocycles. The normalized spacial score (nSPS) is 11.4. The number of hydrogen-bond acceptors (Lipinski definition) is 4. The number of rotatable bonds is 3. The number of sulfonamides is 1. The van der Waals surface area contributed by atoms with Gasteiger partial charge in [-0.25, -0.2) is 17.9 Å². The molecule has 0 saturated carbocycles. The van der Waals surface area contributed by atoms with E-state index in [4.69, 9.17) is 22.5 Å². The minimum absolute atomic E-state index is 0.00456. The van der Waals surface area contributed by atoms with Crippen molar-refractivity contribution in [3.05, 3.63) is 46.7 Å². The molecule has 112 valence electrons. The lowest BCUT2D eigenvalue weighted by Crippen LogP contribution is -2.15. The Morgan fingerprint density at radius 3 is 2.48 bits per heavy atom. The van der Waals surface area contributed by atoms with Crippen LogP contribution in [0.25, 0.3) is 0 Å². The SMILES string of the molecule is Cc1c(Nc2ccc(Cl)c(F)c2)cc(N)cc1S(N)(=O)=O. The number of nitrogens with one attached hydrogen (secondary N) is 1. The Kier molecular flexibility index (Phi) is 4.08. The maximum atomic E-state index is 13.4. The number of hydrogen-bond donors (Lipinski definition) is 3. The number of nitrogens with two attached hydrogens (primary N) is 2. The van der Waals surface area contributed by atoms with Crippen molar-refractivity contribution < 1.29 is 12.8 Å². The summed E-state index contributed by atoms with van der Waals surface area (Å²) in [5, 5.41) is 8.03. The van der Waals surface area contributed by atoms with Crippen molar-refractivity contribution in [2.45, 2.75) is 11.8 Å². The van der Waals surface area contributed by atoms with E-state index >= 15 is 0 Å². The molecule has 0 aliphatic carbocycles. The van der Waals surface area contributed by atoms with Crippen LogP contribution in [0, 0.1) is 12.7 Å². The summed E-state index contributed by atoms with van der Waals surface area (Å²) in [7, 11) is -3.90. The summed E-state index contributed by atoms with van der Waals surface area (Å²) in [6, 6.07) is 6.96. The van der Waals surface area contributed by atoms with Gasteiger partial charge in [-0.05, 0) is 42.8 Å². The maximum absolute atomic E-state index is 13.4. The highest BCUT2D eigenvalue weighted by atomic mass is 35.5. The van der Waals surface area contributed by atoms with E-state index in [2.05, 4.69) is 5.32 Å². The predicted octanol–water partition coefficient (Wildman–Crippen LogP) is 2.76. The van der Waals surface area contributed by atoms with Crippen LogP contribution >= 0.6 is 11.6 Å². The lowest BCUT2D eigenvalue weighted by atomic mass is 10.1. The Labute approximate surface area is 126 Å². The molecule has 2 rings (SSSR count). The van der Waals surface area contributed by atoms with Crippen LogP contribution in [-0.4, -0.2) is 8.42 Å². The molecule has 0 unspecified atom stereocenters. The zero-order chi connectivity index (χ0) is 15.8. The third kappa shape index (κ3) is 3.44. The fourth-order valence-electron chi connectivity index (χ4n) is 1.86. The van der Waals surface area contributed by atoms with Gasteiger partial charge in [0.1, 0.15) is 5.82 Å². The minimum atomic E-state index is -3.90. The van der Waals surface area contributed by atoms with Gasteiger partial charge in [0.15, 0.2) is 0 Å². The van der Waals surface area contributed by atoms with Gasteiger partial charge in [0.25, 0.3) is 0 Å². The van der Waals surface area contributed by atoms with Gasteiger partial charge in [-0.1, -0.05) is 11.6 Å². The molecule has 0 aromatic heterocycles. The Bertz CT molecular complexity index is 809. The molecule has 0 bridgehead atoms. The van der Waals surface area contributed by atoms with Crippen LogP contribution in [-0.2, 0) is 10.0 Å². The third-order valence-corrected chi connectivity index (χ3v) is 4.23. The second-order valence-electron chi connectivity index (χ2n) is 4.49. The molecule has 0 heterocycles. The molecule has 5 nitrogen and oxygen atoms in total. The first-order valence-electron chi connectivity index (χ1n) is 5.83. The third-order valence-electron chi connectivity index (χ3n) is 2.89. The summed E-state index contributed by atoms with van der Waals surface area (Å²) < 4.78 is 36.5. The number of nitrogen functional groups attached to an aromatic ring is 1. The van der Waals surface area contributed by atoms with Crippen LogP contribution in [0.5, 0.6) is 0 Å². The Hall–Kier alpha value is -1.83. The molecule has 0 atom stereocenters. The van der Waals surface area contributed by atoms with Crippen LogP contribution in [0.15, 0.2) is 35.2 Å². The molecular formula is C13H13ClFN3O2S. The van der Waals surface area contributed by atoms with Crippen molar-refractivity contribution in [3.63, 3.8) is 0 Å². The van der Waals surface area contributed by atoms with Crippen molar-refractivity contribution in [1.82, 2.24) is 0 Å². The van der Waals surface area contributed by atoms with Gasteiger partial charge in [0.2, 0.25) is 10.0 Å². The summed E-state index contributed by atoms with van der Waals surface area (Å²) in [5.41, 5.74) is 7.12. The highest BCUT2D eigenvalue weighted by molar-refractivity contribution is 7.89. The van der Waals surface area contributed by atoms with Crippen molar-refractivity contribution in [1.29, 1.82) is 0 Å². The van der Waals surface area contributed by atoms with Crippen LogP contribution in [0.2, 0.25) is 5.02 Å². The van der Waals surface area contributed by atoms with E-state index < -0.39 is 15.8 Å².